The van der Waals surface area contributed by atoms with Crippen LogP contribution >= 0.6 is 0 Å². The second-order valence-electron chi connectivity index (χ2n) is 6.50. The molecular formula is C13H20N4. The van der Waals surface area contributed by atoms with Crippen LogP contribution in [0.4, 0.5) is 0 Å². The zero-order valence-corrected chi connectivity index (χ0v) is 11.4. The van der Waals surface area contributed by atoms with Crippen LogP contribution in [-0.2, 0) is 10.8 Å². The lowest BCUT2D eigenvalue weighted by atomic mass is 9.89. The van der Waals surface area contributed by atoms with Crippen LogP contribution in [-0.4, -0.2) is 19.6 Å². The lowest BCUT2D eigenvalue weighted by Crippen LogP contribution is -2.22. The van der Waals surface area contributed by atoms with Crippen molar-refractivity contribution < 1.29 is 0 Å². The fraction of sp³-hybridized carbons (Fsp3) is 0.615. The molecule has 0 aliphatic rings. The van der Waals surface area contributed by atoms with E-state index >= 15 is 0 Å². The predicted octanol–water partition coefficient (Wildman–Crippen LogP) is 2.72. The van der Waals surface area contributed by atoms with Crippen LogP contribution < -0.4 is 0 Å². The van der Waals surface area contributed by atoms with Gasteiger partial charge in [0, 0.05) is 10.8 Å². The van der Waals surface area contributed by atoms with Gasteiger partial charge in [0.05, 0.1) is 17.6 Å². The van der Waals surface area contributed by atoms with E-state index < -0.39 is 0 Å². The van der Waals surface area contributed by atoms with Crippen molar-refractivity contribution in [2.24, 2.45) is 0 Å². The van der Waals surface area contributed by atoms with Gasteiger partial charge in [0.1, 0.15) is 6.33 Å². The first-order chi connectivity index (χ1) is 7.69. The molecule has 0 saturated heterocycles. The standard InChI is InChI=1S/C13H20N4/c1-12(2,3)9-7-17-11(14-8-15-17)10(16-9)13(4,5)6/h7-8H,1-6H3. The van der Waals surface area contributed by atoms with Gasteiger partial charge >= 0.3 is 0 Å². The molecule has 2 aromatic heterocycles. The number of rotatable bonds is 0. The van der Waals surface area contributed by atoms with Crippen molar-refractivity contribution in [3.8, 4) is 0 Å². The number of fused-ring (bicyclic) bond motifs is 1. The fourth-order valence-corrected chi connectivity index (χ4v) is 1.69. The average Bonchev–Trinajstić information content (AvgIpc) is 2.59. The lowest BCUT2D eigenvalue weighted by molar-refractivity contribution is 0.525. The molecule has 0 spiro atoms. The highest BCUT2D eigenvalue weighted by Crippen LogP contribution is 2.27. The van der Waals surface area contributed by atoms with Crippen molar-refractivity contribution in [3.63, 3.8) is 0 Å². The monoisotopic (exact) mass is 232 g/mol. The molecule has 0 bridgehead atoms. The summed E-state index contributed by atoms with van der Waals surface area (Å²) in [5.41, 5.74) is 2.88. The van der Waals surface area contributed by atoms with Crippen LogP contribution in [0.15, 0.2) is 12.5 Å². The van der Waals surface area contributed by atoms with Gasteiger partial charge in [-0.1, -0.05) is 41.5 Å². The van der Waals surface area contributed by atoms with Crippen LogP contribution in [0.5, 0.6) is 0 Å². The van der Waals surface area contributed by atoms with Gasteiger partial charge in [0.2, 0.25) is 0 Å². The smallest absolute Gasteiger partial charge is 0.177 e. The maximum atomic E-state index is 4.79. The molecule has 0 unspecified atom stereocenters. The molecule has 92 valence electrons. The average molecular weight is 232 g/mol. The lowest BCUT2D eigenvalue weighted by Gasteiger charge is -2.23. The Bertz CT molecular complexity index is 541. The summed E-state index contributed by atoms with van der Waals surface area (Å²) in [5.74, 6) is 0. The molecule has 0 aromatic carbocycles. The quantitative estimate of drug-likeness (QED) is 0.701. The number of hydrogen-bond acceptors (Lipinski definition) is 3. The molecule has 4 nitrogen and oxygen atoms in total. The Morgan fingerprint density at radius 2 is 1.65 bits per heavy atom. The van der Waals surface area contributed by atoms with E-state index in [0.717, 1.165) is 17.0 Å². The van der Waals surface area contributed by atoms with Gasteiger partial charge in [0.15, 0.2) is 5.65 Å². The van der Waals surface area contributed by atoms with Crippen molar-refractivity contribution >= 4 is 5.65 Å². The van der Waals surface area contributed by atoms with Gasteiger partial charge in [0.25, 0.3) is 0 Å². The molecule has 0 amide bonds. The Balaban J connectivity index is 2.76. The molecule has 0 fully saturated rings. The molecule has 17 heavy (non-hydrogen) atoms. The van der Waals surface area contributed by atoms with E-state index in [2.05, 4.69) is 51.6 Å². The van der Waals surface area contributed by atoms with Gasteiger partial charge in [-0.3, -0.25) is 4.98 Å². The van der Waals surface area contributed by atoms with E-state index in [-0.39, 0.29) is 10.8 Å². The Kier molecular flexibility index (Phi) is 2.49. The first-order valence-corrected chi connectivity index (χ1v) is 5.91. The Morgan fingerprint density at radius 1 is 1.00 bits per heavy atom. The summed E-state index contributed by atoms with van der Waals surface area (Å²) in [7, 11) is 0. The van der Waals surface area contributed by atoms with E-state index in [1.165, 1.54) is 0 Å². The normalized spacial score (nSPS) is 13.3. The van der Waals surface area contributed by atoms with Gasteiger partial charge < -0.3 is 0 Å². The molecule has 2 heterocycles. The zero-order valence-electron chi connectivity index (χ0n) is 11.4. The third-order valence-electron chi connectivity index (χ3n) is 2.74. The summed E-state index contributed by atoms with van der Waals surface area (Å²) in [6.45, 7) is 12.9. The van der Waals surface area contributed by atoms with Crippen LogP contribution in [0.25, 0.3) is 5.65 Å². The second kappa shape index (κ2) is 3.52. The van der Waals surface area contributed by atoms with Crippen LogP contribution in [0.2, 0.25) is 0 Å². The summed E-state index contributed by atoms with van der Waals surface area (Å²) in [6, 6.07) is 0. The van der Waals surface area contributed by atoms with E-state index in [1.54, 1.807) is 6.33 Å². The maximum absolute atomic E-state index is 4.79. The molecule has 0 aliphatic heterocycles. The van der Waals surface area contributed by atoms with Crippen molar-refractivity contribution in [3.05, 3.63) is 23.9 Å². The zero-order chi connectivity index (χ0) is 12.8. The molecule has 2 rings (SSSR count). The summed E-state index contributed by atoms with van der Waals surface area (Å²) in [6.07, 6.45) is 3.55. The van der Waals surface area contributed by atoms with Crippen LogP contribution in [0.1, 0.15) is 52.9 Å². The first kappa shape index (κ1) is 12.0. The van der Waals surface area contributed by atoms with Gasteiger partial charge in [-0.05, 0) is 0 Å². The van der Waals surface area contributed by atoms with Gasteiger partial charge in [-0.15, -0.1) is 0 Å². The van der Waals surface area contributed by atoms with Crippen molar-refractivity contribution in [2.75, 3.05) is 0 Å². The van der Waals surface area contributed by atoms with Crippen molar-refractivity contribution in [1.82, 2.24) is 19.6 Å². The molecular weight excluding hydrogens is 212 g/mol. The summed E-state index contributed by atoms with van der Waals surface area (Å²) in [4.78, 5) is 9.09. The minimum Gasteiger partial charge on any atom is -0.251 e. The van der Waals surface area contributed by atoms with Gasteiger partial charge in [-0.25, -0.2) is 9.50 Å². The summed E-state index contributed by atoms with van der Waals surface area (Å²) >= 11 is 0. The molecule has 0 saturated carbocycles. The molecule has 0 radical (unpaired) electrons. The van der Waals surface area contributed by atoms with E-state index in [0.29, 0.717) is 0 Å². The van der Waals surface area contributed by atoms with E-state index in [4.69, 9.17) is 4.98 Å². The number of hydrogen-bond donors (Lipinski definition) is 0. The first-order valence-electron chi connectivity index (χ1n) is 5.91. The van der Waals surface area contributed by atoms with Crippen molar-refractivity contribution in [1.29, 1.82) is 0 Å². The van der Waals surface area contributed by atoms with Crippen LogP contribution in [0.3, 0.4) is 0 Å². The minimum atomic E-state index is -0.0322. The third-order valence-corrected chi connectivity index (χ3v) is 2.74. The molecule has 0 atom stereocenters. The topological polar surface area (TPSA) is 43.1 Å². The summed E-state index contributed by atoms with van der Waals surface area (Å²) in [5, 5.41) is 4.23. The van der Waals surface area contributed by atoms with E-state index in [9.17, 15) is 0 Å². The SMILES string of the molecule is CC(C)(C)c1cn2ncnc2c(C(C)(C)C)n1. The van der Waals surface area contributed by atoms with E-state index in [1.807, 2.05) is 10.7 Å². The molecule has 4 heteroatoms. The molecule has 2 aromatic rings. The third kappa shape index (κ3) is 2.16. The predicted molar refractivity (Wildman–Crippen MR) is 68.2 cm³/mol. The maximum Gasteiger partial charge on any atom is 0.177 e. The number of nitrogens with zero attached hydrogens (tertiary/aromatic N) is 4. The van der Waals surface area contributed by atoms with Gasteiger partial charge in [-0.2, -0.15) is 5.10 Å². The highest BCUT2D eigenvalue weighted by molar-refractivity contribution is 5.46. The molecule has 0 N–H and O–H groups in total. The largest absolute Gasteiger partial charge is 0.251 e. The highest BCUT2D eigenvalue weighted by Gasteiger charge is 2.25. The Labute approximate surface area is 102 Å². The minimum absolute atomic E-state index is 0.0140. The Hall–Kier alpha value is -1.45. The Morgan fingerprint density at radius 3 is 2.18 bits per heavy atom. The fourth-order valence-electron chi connectivity index (χ4n) is 1.69. The second-order valence-corrected chi connectivity index (χ2v) is 6.50. The summed E-state index contributed by atoms with van der Waals surface area (Å²) < 4.78 is 1.83. The number of aromatic nitrogens is 4. The highest BCUT2D eigenvalue weighted by atomic mass is 15.3. The molecule has 0 aliphatic carbocycles. The van der Waals surface area contributed by atoms with Crippen LogP contribution in [0, 0.1) is 0 Å². The van der Waals surface area contributed by atoms with Crippen molar-refractivity contribution in [2.45, 2.75) is 52.4 Å².